The molecule has 3 N–H and O–H groups in total. The van der Waals surface area contributed by atoms with Crippen molar-refractivity contribution in [2.24, 2.45) is 0 Å². The quantitative estimate of drug-likeness (QED) is 0.741. The SMILES string of the molecule is Cc1cc(NCc2cccc(F)c2O)c(C)cc1O. The van der Waals surface area contributed by atoms with E-state index in [1.54, 1.807) is 25.1 Å². The first-order valence-corrected chi connectivity index (χ1v) is 5.99. The van der Waals surface area contributed by atoms with Gasteiger partial charge in [-0.05, 0) is 43.2 Å². The van der Waals surface area contributed by atoms with Crippen LogP contribution in [0, 0.1) is 19.7 Å². The van der Waals surface area contributed by atoms with Crippen molar-refractivity contribution in [3.05, 3.63) is 52.8 Å². The number of aryl methyl sites for hydroxylation is 2. The van der Waals surface area contributed by atoms with Crippen LogP contribution in [0.15, 0.2) is 30.3 Å². The summed E-state index contributed by atoms with van der Waals surface area (Å²) < 4.78 is 13.2. The van der Waals surface area contributed by atoms with Crippen LogP contribution in [-0.4, -0.2) is 10.2 Å². The van der Waals surface area contributed by atoms with E-state index in [4.69, 9.17) is 0 Å². The molecule has 0 spiro atoms. The number of phenols is 2. The highest BCUT2D eigenvalue weighted by Gasteiger charge is 2.08. The first-order chi connectivity index (χ1) is 8.99. The molecule has 0 radical (unpaired) electrons. The number of benzene rings is 2. The summed E-state index contributed by atoms with van der Waals surface area (Å²) in [6.45, 7) is 3.99. The van der Waals surface area contributed by atoms with Crippen LogP contribution < -0.4 is 5.32 Å². The lowest BCUT2D eigenvalue weighted by Crippen LogP contribution is -2.02. The Kier molecular flexibility index (Phi) is 3.60. The minimum atomic E-state index is -0.627. The molecule has 0 saturated carbocycles. The Morgan fingerprint density at radius 3 is 2.58 bits per heavy atom. The van der Waals surface area contributed by atoms with Gasteiger partial charge in [-0.3, -0.25) is 0 Å². The highest BCUT2D eigenvalue weighted by Crippen LogP contribution is 2.27. The maximum atomic E-state index is 13.2. The smallest absolute Gasteiger partial charge is 0.165 e. The number of halogens is 1. The van der Waals surface area contributed by atoms with E-state index in [0.717, 1.165) is 16.8 Å². The Morgan fingerprint density at radius 2 is 1.84 bits per heavy atom. The van der Waals surface area contributed by atoms with Gasteiger partial charge in [-0.2, -0.15) is 0 Å². The predicted molar refractivity (Wildman–Crippen MR) is 73.0 cm³/mol. The minimum absolute atomic E-state index is 0.247. The van der Waals surface area contributed by atoms with Gasteiger partial charge < -0.3 is 15.5 Å². The number of anilines is 1. The van der Waals surface area contributed by atoms with Crippen LogP contribution in [0.4, 0.5) is 10.1 Å². The summed E-state index contributed by atoms with van der Waals surface area (Å²) in [6.07, 6.45) is 0. The molecule has 0 bridgehead atoms. The van der Waals surface area contributed by atoms with Gasteiger partial charge in [-0.25, -0.2) is 4.39 Å². The summed E-state index contributed by atoms with van der Waals surface area (Å²) >= 11 is 0. The molecule has 0 aliphatic rings. The molecule has 0 aromatic heterocycles. The number of aromatic hydroxyl groups is 2. The molecular formula is C15H16FNO2. The van der Waals surface area contributed by atoms with Gasteiger partial charge in [-0.15, -0.1) is 0 Å². The van der Waals surface area contributed by atoms with Crippen LogP contribution in [0.1, 0.15) is 16.7 Å². The fourth-order valence-corrected chi connectivity index (χ4v) is 1.88. The largest absolute Gasteiger partial charge is 0.508 e. The molecule has 0 atom stereocenters. The number of hydrogen-bond acceptors (Lipinski definition) is 3. The third kappa shape index (κ3) is 2.78. The normalized spacial score (nSPS) is 10.5. The Morgan fingerprint density at radius 1 is 1.11 bits per heavy atom. The zero-order chi connectivity index (χ0) is 14.0. The maximum Gasteiger partial charge on any atom is 0.165 e. The predicted octanol–water partition coefficient (Wildman–Crippen LogP) is 3.47. The average Bonchev–Trinajstić information content (AvgIpc) is 2.37. The van der Waals surface area contributed by atoms with Crippen LogP contribution in [0.3, 0.4) is 0 Å². The standard InChI is InChI=1S/C15H16FNO2/c1-9-7-14(18)10(2)6-13(9)17-8-11-4-3-5-12(16)15(11)19/h3-7,17-19H,8H2,1-2H3. The van der Waals surface area contributed by atoms with Crippen molar-refractivity contribution in [2.45, 2.75) is 20.4 Å². The maximum absolute atomic E-state index is 13.2. The summed E-state index contributed by atoms with van der Waals surface area (Å²) in [7, 11) is 0. The van der Waals surface area contributed by atoms with Crippen LogP contribution in [0.2, 0.25) is 0 Å². The number of nitrogens with one attached hydrogen (secondary N) is 1. The molecule has 0 aliphatic heterocycles. The fourth-order valence-electron chi connectivity index (χ4n) is 1.88. The molecule has 0 saturated heterocycles. The summed E-state index contributed by atoms with van der Waals surface area (Å²) in [5, 5.41) is 22.3. The van der Waals surface area contributed by atoms with Crippen molar-refractivity contribution in [2.75, 3.05) is 5.32 Å². The summed E-state index contributed by atoms with van der Waals surface area (Å²) in [5.74, 6) is -0.710. The molecule has 0 unspecified atom stereocenters. The molecule has 19 heavy (non-hydrogen) atoms. The average molecular weight is 261 g/mol. The van der Waals surface area contributed by atoms with Crippen molar-refractivity contribution < 1.29 is 14.6 Å². The first-order valence-electron chi connectivity index (χ1n) is 5.99. The molecule has 2 aromatic carbocycles. The van der Waals surface area contributed by atoms with E-state index in [1.165, 1.54) is 6.07 Å². The minimum Gasteiger partial charge on any atom is -0.508 e. The Hall–Kier alpha value is -2.23. The van der Waals surface area contributed by atoms with Gasteiger partial charge in [-0.1, -0.05) is 12.1 Å². The van der Waals surface area contributed by atoms with Crippen molar-refractivity contribution in [3.63, 3.8) is 0 Å². The van der Waals surface area contributed by atoms with Crippen LogP contribution in [0.5, 0.6) is 11.5 Å². The fraction of sp³-hybridized carbons (Fsp3) is 0.200. The van der Waals surface area contributed by atoms with Crippen molar-refractivity contribution in [1.82, 2.24) is 0 Å². The Labute approximate surface area is 111 Å². The number of hydrogen-bond donors (Lipinski definition) is 3. The van der Waals surface area contributed by atoms with Crippen LogP contribution >= 0.6 is 0 Å². The van der Waals surface area contributed by atoms with Gasteiger partial charge in [0.15, 0.2) is 11.6 Å². The van der Waals surface area contributed by atoms with Crippen molar-refractivity contribution in [1.29, 1.82) is 0 Å². The van der Waals surface area contributed by atoms with Crippen molar-refractivity contribution in [3.8, 4) is 11.5 Å². The van der Waals surface area contributed by atoms with Crippen molar-refractivity contribution >= 4 is 5.69 Å². The Bertz CT molecular complexity index is 611. The second-order valence-electron chi connectivity index (χ2n) is 4.55. The lowest BCUT2D eigenvalue weighted by atomic mass is 10.1. The summed E-state index contributed by atoms with van der Waals surface area (Å²) in [5.41, 5.74) is 2.99. The highest BCUT2D eigenvalue weighted by molar-refractivity contribution is 5.57. The molecule has 0 fully saturated rings. The molecule has 4 heteroatoms. The van der Waals surface area contributed by atoms with E-state index in [2.05, 4.69) is 5.32 Å². The molecule has 0 heterocycles. The Balaban J connectivity index is 2.19. The lowest BCUT2D eigenvalue weighted by molar-refractivity contribution is 0.426. The van der Waals surface area contributed by atoms with Gasteiger partial charge in [0.2, 0.25) is 0 Å². The van der Waals surface area contributed by atoms with E-state index in [-0.39, 0.29) is 11.5 Å². The molecule has 2 aromatic rings. The van der Waals surface area contributed by atoms with Crippen LogP contribution in [0.25, 0.3) is 0 Å². The second-order valence-corrected chi connectivity index (χ2v) is 4.55. The second kappa shape index (κ2) is 5.18. The van der Waals surface area contributed by atoms with Gasteiger partial charge in [0.05, 0.1) is 0 Å². The van der Waals surface area contributed by atoms with E-state index in [0.29, 0.717) is 12.1 Å². The summed E-state index contributed by atoms with van der Waals surface area (Å²) in [6, 6.07) is 7.92. The van der Waals surface area contributed by atoms with E-state index < -0.39 is 5.82 Å². The van der Waals surface area contributed by atoms with E-state index >= 15 is 0 Å². The van der Waals surface area contributed by atoms with Gasteiger partial charge in [0.1, 0.15) is 5.75 Å². The van der Waals surface area contributed by atoms with Crippen LogP contribution in [-0.2, 0) is 6.54 Å². The molecule has 2 rings (SSSR count). The highest BCUT2D eigenvalue weighted by atomic mass is 19.1. The third-order valence-electron chi connectivity index (χ3n) is 3.08. The van der Waals surface area contributed by atoms with E-state index in [9.17, 15) is 14.6 Å². The van der Waals surface area contributed by atoms with Gasteiger partial charge in [0.25, 0.3) is 0 Å². The molecular weight excluding hydrogens is 245 g/mol. The molecule has 0 aliphatic carbocycles. The summed E-state index contributed by atoms with van der Waals surface area (Å²) in [4.78, 5) is 0. The molecule has 3 nitrogen and oxygen atoms in total. The number of rotatable bonds is 3. The number of phenolic OH excluding ortho intramolecular Hbond substituents is 2. The lowest BCUT2D eigenvalue weighted by Gasteiger charge is -2.12. The van der Waals surface area contributed by atoms with Gasteiger partial charge >= 0.3 is 0 Å². The number of para-hydroxylation sites is 1. The molecule has 0 amide bonds. The zero-order valence-corrected chi connectivity index (χ0v) is 10.9. The molecule has 100 valence electrons. The van der Waals surface area contributed by atoms with Gasteiger partial charge in [0, 0.05) is 17.8 Å². The first kappa shape index (κ1) is 13.2. The topological polar surface area (TPSA) is 52.5 Å². The monoisotopic (exact) mass is 261 g/mol. The third-order valence-corrected chi connectivity index (χ3v) is 3.08. The zero-order valence-electron chi connectivity index (χ0n) is 10.9. The van der Waals surface area contributed by atoms with E-state index in [1.807, 2.05) is 13.0 Å².